The first-order chi connectivity index (χ1) is 41.4. The molecule has 0 aromatic heterocycles. The van der Waals surface area contributed by atoms with Crippen LogP contribution in [0.4, 0.5) is 17.1 Å². The van der Waals surface area contributed by atoms with E-state index >= 15 is 0 Å². The zero-order chi connectivity index (χ0) is 62.3. The molecular formula is C64H43N. The van der Waals surface area contributed by atoms with Gasteiger partial charge in [0.2, 0.25) is 0 Å². The molecule has 0 atom stereocenters. The van der Waals surface area contributed by atoms with Crippen LogP contribution in [-0.4, -0.2) is 0 Å². The van der Waals surface area contributed by atoms with Gasteiger partial charge in [0, 0.05) is 17.1 Å². The second kappa shape index (κ2) is 16.3. The first-order valence-electron chi connectivity index (χ1n) is 31.6. The minimum atomic E-state index is -0.926. The second-order valence-electron chi connectivity index (χ2n) is 15.1. The summed E-state index contributed by atoms with van der Waals surface area (Å²) in [5.74, 6) is 0. The van der Waals surface area contributed by atoms with E-state index in [-0.39, 0.29) is 5.69 Å². The first kappa shape index (κ1) is 21.7. The summed E-state index contributed by atoms with van der Waals surface area (Å²) < 4.78 is 199. The molecule has 1 heteroatoms. The summed E-state index contributed by atoms with van der Waals surface area (Å²) in [6, 6.07) is 22.2. The van der Waals surface area contributed by atoms with E-state index in [1.54, 1.807) is 12.1 Å². The van der Waals surface area contributed by atoms with Crippen LogP contribution in [0.1, 0.15) is 30.2 Å². The van der Waals surface area contributed by atoms with Crippen LogP contribution in [0, 0.1) is 0 Å². The standard InChI is InChI=1S/C64H43N/c1-3-17-49(18-4-1)63-61-26-12-11-25-59(61)60-42-35-51(43-62(60)64(63)50-19-5-2-6-20-50)44-29-36-52(37-30-44)65(53-38-31-47(32-39-53)57-27-13-21-45-15-7-9-23-55(45)57)54-40-33-48(34-41-54)58-28-14-22-46-16-8-10-24-56(46)58/h1-43H/i7D,8D,9D,10D,13D,14D,15D,16D,21D,22D,23D,24D,27D,28D,31D,32D,33D,34D,38D,39D,40D,41D. The van der Waals surface area contributed by atoms with E-state index in [1.165, 1.54) is 12.1 Å². The van der Waals surface area contributed by atoms with Crippen molar-refractivity contribution < 1.29 is 30.2 Å². The predicted octanol–water partition coefficient (Wildman–Crippen LogP) is 18.1. The molecule has 65 heavy (non-hydrogen) atoms. The Kier molecular flexibility index (Phi) is 5.45. The number of nitrogens with zero attached hydrogens (tertiary/aromatic N) is 1. The molecule has 0 radical (unpaired) electrons. The van der Waals surface area contributed by atoms with Gasteiger partial charge in [-0.1, -0.05) is 218 Å². The van der Waals surface area contributed by atoms with E-state index in [9.17, 15) is 11.0 Å². The van der Waals surface area contributed by atoms with Crippen LogP contribution in [0.15, 0.2) is 260 Å². The molecule has 0 aliphatic heterocycles. The molecule has 0 N–H and O–H groups in total. The topological polar surface area (TPSA) is 3.24 Å². The van der Waals surface area contributed by atoms with Gasteiger partial charge in [0.25, 0.3) is 0 Å². The summed E-state index contributed by atoms with van der Waals surface area (Å²) in [7, 11) is 0. The molecule has 1 nitrogen and oxygen atoms in total. The molecule has 0 aliphatic rings. The summed E-state index contributed by atoms with van der Waals surface area (Å²) in [4.78, 5) is 0.967. The van der Waals surface area contributed by atoms with E-state index in [1.807, 2.05) is 72.8 Å². The maximum atomic E-state index is 9.77. The lowest BCUT2D eigenvalue weighted by molar-refractivity contribution is 1.28. The molecule has 0 saturated carbocycles. The van der Waals surface area contributed by atoms with Gasteiger partial charge >= 0.3 is 0 Å². The van der Waals surface area contributed by atoms with Gasteiger partial charge in [-0.05, 0) is 141 Å². The fraction of sp³-hybridized carbons (Fsp3) is 0. The van der Waals surface area contributed by atoms with Crippen LogP contribution in [0.25, 0.3) is 98.7 Å². The summed E-state index contributed by atoms with van der Waals surface area (Å²) in [6.07, 6.45) is 0. The lowest BCUT2D eigenvalue weighted by atomic mass is 9.84. The minimum Gasteiger partial charge on any atom is -0.311 e. The van der Waals surface area contributed by atoms with E-state index < -0.39 is 188 Å². The maximum Gasteiger partial charge on any atom is 0.0645 e. The number of hydrogen-bond donors (Lipinski definition) is 0. The van der Waals surface area contributed by atoms with E-state index in [0.717, 1.165) is 54.3 Å². The molecule has 0 saturated heterocycles. The van der Waals surface area contributed by atoms with Crippen LogP contribution < -0.4 is 4.90 Å². The fourth-order valence-corrected chi connectivity index (χ4v) is 8.44. The monoisotopic (exact) mass is 847 g/mol. The SMILES string of the molecule is [2H]c1c([2H])c(N(c2ccc(-c3ccc4c(c3)c(-c3ccccc3)c(-c3ccccc3)c3ccccc34)cc2)c2c([2H])c([2H])c(-c3c([2H])c([2H])c([2H])c4c([2H])c([2H])c([2H])c([2H])c34)c([2H])c2[2H])c([2H])c([2H])c1-c1c([2H])c([2H])c([2H])c2c([2H])c([2H])c([2H])c([2H])c12. The van der Waals surface area contributed by atoms with Crippen molar-refractivity contribution in [3.8, 4) is 55.6 Å². The third kappa shape index (κ3) is 6.92. The van der Waals surface area contributed by atoms with Crippen molar-refractivity contribution in [2.75, 3.05) is 4.90 Å². The Labute approximate surface area is 410 Å². The lowest BCUT2D eigenvalue weighted by Crippen LogP contribution is -2.09. The van der Waals surface area contributed by atoms with Gasteiger partial charge in [-0.2, -0.15) is 0 Å². The van der Waals surface area contributed by atoms with Crippen LogP contribution >= 0.6 is 0 Å². The predicted molar refractivity (Wildman–Crippen MR) is 278 cm³/mol. The van der Waals surface area contributed by atoms with Crippen LogP contribution in [0.5, 0.6) is 0 Å². The van der Waals surface area contributed by atoms with Gasteiger partial charge < -0.3 is 4.90 Å². The van der Waals surface area contributed by atoms with Crippen molar-refractivity contribution in [2.24, 2.45) is 0 Å². The molecule has 0 spiro atoms. The van der Waals surface area contributed by atoms with Crippen LogP contribution in [0.2, 0.25) is 0 Å². The molecule has 0 fully saturated rings. The number of benzene rings is 12. The highest BCUT2D eigenvalue weighted by atomic mass is 15.1. The molecule has 12 aromatic rings. The van der Waals surface area contributed by atoms with Crippen molar-refractivity contribution in [2.45, 2.75) is 0 Å². The highest BCUT2D eigenvalue weighted by Crippen LogP contribution is 2.46. The largest absolute Gasteiger partial charge is 0.311 e. The van der Waals surface area contributed by atoms with Gasteiger partial charge in [-0.3, -0.25) is 0 Å². The van der Waals surface area contributed by atoms with Crippen molar-refractivity contribution in [1.29, 1.82) is 0 Å². The second-order valence-corrected chi connectivity index (χ2v) is 15.1. The van der Waals surface area contributed by atoms with Gasteiger partial charge in [-0.15, -0.1) is 0 Å². The lowest BCUT2D eigenvalue weighted by Gasteiger charge is -2.26. The van der Waals surface area contributed by atoms with Gasteiger partial charge in [0.15, 0.2) is 0 Å². The normalized spacial score (nSPS) is 16.1. The molecule has 12 rings (SSSR count). The van der Waals surface area contributed by atoms with E-state index in [2.05, 4.69) is 30.3 Å². The van der Waals surface area contributed by atoms with Crippen molar-refractivity contribution in [1.82, 2.24) is 0 Å². The van der Waals surface area contributed by atoms with Crippen molar-refractivity contribution in [3.05, 3.63) is 260 Å². The molecule has 0 aliphatic carbocycles. The zero-order valence-electron chi connectivity index (χ0n) is 56.1. The molecule has 0 amide bonds. The number of fused-ring (bicyclic) bond motifs is 5. The molecule has 12 aromatic carbocycles. The highest BCUT2D eigenvalue weighted by Gasteiger charge is 2.19. The zero-order valence-corrected chi connectivity index (χ0v) is 34.1. The Morgan fingerprint density at radius 1 is 0.262 bits per heavy atom. The van der Waals surface area contributed by atoms with E-state index in [0.29, 0.717) is 5.56 Å². The first-order valence-corrected chi connectivity index (χ1v) is 20.6. The molecule has 0 heterocycles. The van der Waals surface area contributed by atoms with Crippen LogP contribution in [-0.2, 0) is 0 Å². The number of hydrogen-bond acceptors (Lipinski definition) is 1. The Morgan fingerprint density at radius 3 is 1.26 bits per heavy atom. The average Bonchev–Trinajstić information content (AvgIpc) is 0.788. The van der Waals surface area contributed by atoms with Crippen molar-refractivity contribution >= 4 is 60.2 Å². The van der Waals surface area contributed by atoms with E-state index in [4.69, 9.17) is 19.2 Å². The molecule has 0 bridgehead atoms. The smallest absolute Gasteiger partial charge is 0.0645 e. The third-order valence-electron chi connectivity index (χ3n) is 11.4. The number of anilines is 3. The summed E-state index contributed by atoms with van der Waals surface area (Å²) in [5, 5.41) is 1.88. The average molecular weight is 848 g/mol. The Bertz CT molecular complexity index is 4730. The van der Waals surface area contributed by atoms with Crippen molar-refractivity contribution in [3.63, 3.8) is 0 Å². The van der Waals surface area contributed by atoms with Gasteiger partial charge in [0.1, 0.15) is 0 Å². The fourth-order valence-electron chi connectivity index (χ4n) is 8.44. The summed E-state index contributed by atoms with van der Waals surface area (Å²) in [5.41, 5.74) is 1.28. The number of rotatable bonds is 8. The Morgan fingerprint density at radius 2 is 0.708 bits per heavy atom. The van der Waals surface area contributed by atoms with Gasteiger partial charge in [-0.25, -0.2) is 0 Å². The summed E-state index contributed by atoms with van der Waals surface area (Å²) in [6.45, 7) is 0. The quantitative estimate of drug-likeness (QED) is 0.138. The molecular weight excluding hydrogens is 783 g/mol. The van der Waals surface area contributed by atoms with Gasteiger partial charge in [0.05, 0.1) is 30.2 Å². The molecule has 304 valence electrons. The third-order valence-corrected chi connectivity index (χ3v) is 11.4. The summed E-state index contributed by atoms with van der Waals surface area (Å²) >= 11 is 0. The highest BCUT2D eigenvalue weighted by molar-refractivity contribution is 6.22. The maximum absolute atomic E-state index is 9.77. The minimum absolute atomic E-state index is 0.0514. The van der Waals surface area contributed by atoms with Crippen LogP contribution in [0.3, 0.4) is 0 Å². The Hall–Kier alpha value is -8.52. The Balaban J connectivity index is 1.13. The molecule has 0 unspecified atom stereocenters.